The molecule has 0 atom stereocenters. The Balaban J connectivity index is 2.43. The Morgan fingerprint density at radius 1 is 1.50 bits per heavy atom. The van der Waals surface area contributed by atoms with Crippen LogP contribution < -0.4 is 5.32 Å². The monoisotopic (exact) mass is 167 g/mol. The van der Waals surface area contributed by atoms with E-state index >= 15 is 0 Å². The zero-order valence-electron chi connectivity index (χ0n) is 7.89. The lowest BCUT2D eigenvalue weighted by Gasteiger charge is -2.19. The summed E-state index contributed by atoms with van der Waals surface area (Å²) in [5, 5.41) is 2.61. The van der Waals surface area contributed by atoms with E-state index in [4.69, 9.17) is 0 Å². The third-order valence-corrected chi connectivity index (χ3v) is 2.50. The summed E-state index contributed by atoms with van der Waals surface area (Å²) in [7, 11) is 1.67. The third kappa shape index (κ3) is 2.68. The normalized spacial score (nSPS) is 23.5. The molecule has 1 amide bonds. The Bertz CT molecular complexity index is 186. The Hall–Kier alpha value is -0.790. The summed E-state index contributed by atoms with van der Waals surface area (Å²) in [6, 6.07) is 0. The number of hydrogen-bond acceptors (Lipinski definition) is 1. The lowest BCUT2D eigenvalue weighted by atomic mass is 9.87. The van der Waals surface area contributed by atoms with E-state index in [1.807, 2.05) is 0 Å². The van der Waals surface area contributed by atoms with Gasteiger partial charge in [-0.05, 0) is 31.6 Å². The van der Waals surface area contributed by atoms with E-state index in [9.17, 15) is 4.79 Å². The Kier molecular flexibility index (Phi) is 3.32. The van der Waals surface area contributed by atoms with Crippen LogP contribution in [0.15, 0.2) is 11.6 Å². The number of allylic oxidation sites excluding steroid dienone is 1. The van der Waals surface area contributed by atoms with Crippen molar-refractivity contribution >= 4 is 5.91 Å². The second-order valence-electron chi connectivity index (χ2n) is 3.60. The molecule has 0 aromatic carbocycles. The summed E-state index contributed by atoms with van der Waals surface area (Å²) in [5.41, 5.74) is 1.31. The summed E-state index contributed by atoms with van der Waals surface area (Å²) in [4.78, 5) is 11.0. The molecule has 0 saturated heterocycles. The van der Waals surface area contributed by atoms with Crippen LogP contribution in [0.5, 0.6) is 0 Å². The average Bonchev–Trinajstić information content (AvgIpc) is 2.09. The molecule has 1 aliphatic rings. The fourth-order valence-electron chi connectivity index (χ4n) is 1.53. The first-order valence-electron chi connectivity index (χ1n) is 4.63. The van der Waals surface area contributed by atoms with Crippen molar-refractivity contribution in [3.63, 3.8) is 0 Å². The summed E-state index contributed by atoms with van der Waals surface area (Å²) < 4.78 is 0. The molecule has 2 heteroatoms. The third-order valence-electron chi connectivity index (χ3n) is 2.50. The van der Waals surface area contributed by atoms with Gasteiger partial charge in [-0.25, -0.2) is 0 Å². The predicted molar refractivity (Wildman–Crippen MR) is 49.8 cm³/mol. The SMILES string of the molecule is CNC(=O)C=C1CCC(C)CC1. The molecule has 0 aromatic rings. The second-order valence-corrected chi connectivity index (χ2v) is 3.60. The van der Waals surface area contributed by atoms with E-state index in [0.717, 1.165) is 18.8 Å². The van der Waals surface area contributed by atoms with Crippen LogP contribution in [0.4, 0.5) is 0 Å². The predicted octanol–water partition coefficient (Wildman–Crippen LogP) is 1.87. The van der Waals surface area contributed by atoms with Crippen LogP contribution in [-0.4, -0.2) is 13.0 Å². The number of amides is 1. The van der Waals surface area contributed by atoms with Gasteiger partial charge in [0.2, 0.25) is 5.91 Å². The van der Waals surface area contributed by atoms with E-state index in [-0.39, 0.29) is 5.91 Å². The minimum Gasteiger partial charge on any atom is -0.356 e. The standard InChI is InChI=1S/C10H17NO/c1-8-3-5-9(6-4-8)7-10(12)11-2/h7-8H,3-6H2,1-2H3,(H,11,12). The average molecular weight is 167 g/mol. The van der Waals surface area contributed by atoms with E-state index < -0.39 is 0 Å². The van der Waals surface area contributed by atoms with Gasteiger partial charge in [-0.3, -0.25) is 4.79 Å². The van der Waals surface area contributed by atoms with Crippen molar-refractivity contribution in [2.75, 3.05) is 7.05 Å². The van der Waals surface area contributed by atoms with Crippen molar-refractivity contribution in [2.24, 2.45) is 5.92 Å². The molecule has 1 saturated carbocycles. The summed E-state index contributed by atoms with van der Waals surface area (Å²) in [5.74, 6) is 0.881. The van der Waals surface area contributed by atoms with Crippen molar-refractivity contribution < 1.29 is 4.79 Å². The lowest BCUT2D eigenvalue weighted by Crippen LogP contribution is -2.16. The maximum Gasteiger partial charge on any atom is 0.243 e. The number of carbonyl (C=O) groups is 1. The number of nitrogens with one attached hydrogen (secondary N) is 1. The van der Waals surface area contributed by atoms with Crippen LogP contribution in [0, 0.1) is 5.92 Å². The van der Waals surface area contributed by atoms with Crippen LogP contribution in [0.25, 0.3) is 0 Å². The minimum atomic E-state index is 0.0413. The quantitative estimate of drug-likeness (QED) is 0.593. The van der Waals surface area contributed by atoms with E-state index in [1.165, 1.54) is 18.4 Å². The van der Waals surface area contributed by atoms with E-state index in [0.29, 0.717) is 0 Å². The molecule has 0 bridgehead atoms. The van der Waals surface area contributed by atoms with Gasteiger partial charge in [0.1, 0.15) is 0 Å². The van der Waals surface area contributed by atoms with Crippen molar-refractivity contribution in [3.8, 4) is 0 Å². The maximum atomic E-state index is 11.0. The van der Waals surface area contributed by atoms with Crippen LogP contribution in [-0.2, 0) is 4.79 Å². The lowest BCUT2D eigenvalue weighted by molar-refractivity contribution is -0.116. The van der Waals surface area contributed by atoms with Gasteiger partial charge >= 0.3 is 0 Å². The van der Waals surface area contributed by atoms with Crippen molar-refractivity contribution in [1.82, 2.24) is 5.32 Å². The van der Waals surface area contributed by atoms with Gasteiger partial charge in [0.25, 0.3) is 0 Å². The first-order chi connectivity index (χ1) is 5.72. The number of rotatable bonds is 1. The molecule has 0 spiro atoms. The highest BCUT2D eigenvalue weighted by molar-refractivity contribution is 5.87. The molecular weight excluding hydrogens is 150 g/mol. The minimum absolute atomic E-state index is 0.0413. The molecule has 0 radical (unpaired) electrons. The first-order valence-corrected chi connectivity index (χ1v) is 4.63. The Morgan fingerprint density at radius 2 is 2.08 bits per heavy atom. The van der Waals surface area contributed by atoms with Gasteiger partial charge < -0.3 is 5.32 Å². The van der Waals surface area contributed by atoms with Gasteiger partial charge in [0.05, 0.1) is 0 Å². The summed E-state index contributed by atoms with van der Waals surface area (Å²) in [6.45, 7) is 2.27. The molecule has 0 aromatic heterocycles. The van der Waals surface area contributed by atoms with Crippen LogP contribution >= 0.6 is 0 Å². The van der Waals surface area contributed by atoms with Crippen LogP contribution in [0.1, 0.15) is 32.6 Å². The molecule has 1 N–H and O–H groups in total. The zero-order valence-corrected chi connectivity index (χ0v) is 7.89. The number of likely N-dealkylation sites (N-methyl/N-ethyl adjacent to an activating group) is 1. The van der Waals surface area contributed by atoms with Gasteiger partial charge in [0.15, 0.2) is 0 Å². The molecule has 2 nitrogen and oxygen atoms in total. The van der Waals surface area contributed by atoms with Gasteiger partial charge in [-0.1, -0.05) is 12.5 Å². The van der Waals surface area contributed by atoms with Gasteiger partial charge in [0, 0.05) is 13.1 Å². The van der Waals surface area contributed by atoms with Crippen molar-refractivity contribution in [1.29, 1.82) is 0 Å². The van der Waals surface area contributed by atoms with E-state index in [1.54, 1.807) is 13.1 Å². The number of carbonyl (C=O) groups excluding carboxylic acids is 1. The molecule has 12 heavy (non-hydrogen) atoms. The highest BCUT2D eigenvalue weighted by Gasteiger charge is 2.12. The Labute approximate surface area is 74.0 Å². The molecule has 0 heterocycles. The van der Waals surface area contributed by atoms with Crippen molar-refractivity contribution in [2.45, 2.75) is 32.6 Å². The fourth-order valence-corrected chi connectivity index (χ4v) is 1.53. The molecule has 0 unspecified atom stereocenters. The first kappa shape index (κ1) is 9.30. The largest absolute Gasteiger partial charge is 0.356 e. The molecule has 1 aliphatic carbocycles. The molecular formula is C10H17NO. The summed E-state index contributed by atoms with van der Waals surface area (Å²) >= 11 is 0. The number of hydrogen-bond donors (Lipinski definition) is 1. The second kappa shape index (κ2) is 4.29. The smallest absolute Gasteiger partial charge is 0.243 e. The molecule has 1 fully saturated rings. The molecule has 1 rings (SSSR count). The Morgan fingerprint density at radius 3 is 2.58 bits per heavy atom. The van der Waals surface area contributed by atoms with Gasteiger partial charge in [-0.2, -0.15) is 0 Å². The highest BCUT2D eigenvalue weighted by Crippen LogP contribution is 2.27. The van der Waals surface area contributed by atoms with Crippen LogP contribution in [0.2, 0.25) is 0 Å². The van der Waals surface area contributed by atoms with E-state index in [2.05, 4.69) is 12.2 Å². The van der Waals surface area contributed by atoms with Crippen molar-refractivity contribution in [3.05, 3.63) is 11.6 Å². The van der Waals surface area contributed by atoms with Crippen LogP contribution in [0.3, 0.4) is 0 Å². The zero-order chi connectivity index (χ0) is 8.97. The molecule has 68 valence electrons. The molecule has 0 aliphatic heterocycles. The topological polar surface area (TPSA) is 29.1 Å². The van der Waals surface area contributed by atoms with Gasteiger partial charge in [-0.15, -0.1) is 0 Å². The maximum absolute atomic E-state index is 11.0. The highest BCUT2D eigenvalue weighted by atomic mass is 16.1. The fraction of sp³-hybridized carbons (Fsp3) is 0.700. The summed E-state index contributed by atoms with van der Waals surface area (Å²) in [6.07, 6.45) is 6.45.